The number of hydrogen-bond donors (Lipinski definition) is 2. The summed E-state index contributed by atoms with van der Waals surface area (Å²) >= 11 is 7.64. The number of benzene rings is 2. The van der Waals surface area contributed by atoms with Crippen molar-refractivity contribution in [2.75, 3.05) is 5.32 Å². The summed E-state index contributed by atoms with van der Waals surface area (Å²) in [5, 5.41) is 4.09. The fraction of sp³-hybridized carbons (Fsp3) is 0. The van der Waals surface area contributed by atoms with Gasteiger partial charge in [-0.05, 0) is 24.3 Å². The number of H-pyrrole nitrogens is 1. The SMILES string of the molecule is O=C(Nc1ccc2oc(=O)[nH]c2c1)c1sc2ccccc2c1Cl. The minimum atomic E-state index is -0.531. The van der Waals surface area contributed by atoms with Gasteiger partial charge in [-0.15, -0.1) is 11.3 Å². The van der Waals surface area contributed by atoms with E-state index in [0.717, 1.165) is 10.1 Å². The van der Waals surface area contributed by atoms with Gasteiger partial charge in [-0.3, -0.25) is 9.78 Å². The molecule has 0 atom stereocenters. The second-order valence-corrected chi connectivity index (χ2v) is 6.35. The number of nitrogens with one attached hydrogen (secondary N) is 2. The van der Waals surface area contributed by atoms with Crippen LogP contribution in [0.4, 0.5) is 5.69 Å². The molecule has 0 unspecified atom stereocenters. The number of oxazole rings is 1. The van der Waals surface area contributed by atoms with Gasteiger partial charge in [0.1, 0.15) is 4.88 Å². The first-order valence-electron chi connectivity index (χ1n) is 6.73. The molecule has 114 valence electrons. The summed E-state index contributed by atoms with van der Waals surface area (Å²) in [4.78, 5) is 26.6. The second kappa shape index (κ2) is 5.26. The Labute approximate surface area is 138 Å². The summed E-state index contributed by atoms with van der Waals surface area (Å²) in [7, 11) is 0. The number of carbonyl (C=O) groups excluding carboxylic acids is 1. The Hall–Kier alpha value is -2.57. The molecule has 0 bridgehead atoms. The van der Waals surface area contributed by atoms with Crippen LogP contribution in [0.25, 0.3) is 21.2 Å². The summed E-state index contributed by atoms with van der Waals surface area (Å²) in [5.74, 6) is -0.822. The molecule has 2 aromatic carbocycles. The van der Waals surface area contributed by atoms with Crippen molar-refractivity contribution in [2.24, 2.45) is 0 Å². The Morgan fingerprint density at radius 3 is 2.87 bits per heavy atom. The van der Waals surface area contributed by atoms with E-state index >= 15 is 0 Å². The number of rotatable bonds is 2. The largest absolute Gasteiger partial charge is 0.417 e. The van der Waals surface area contributed by atoms with E-state index in [1.54, 1.807) is 18.2 Å². The summed E-state index contributed by atoms with van der Waals surface area (Å²) in [6, 6.07) is 12.5. The van der Waals surface area contributed by atoms with E-state index in [9.17, 15) is 9.59 Å². The van der Waals surface area contributed by atoms with Crippen LogP contribution in [0.1, 0.15) is 9.67 Å². The predicted octanol–water partition coefficient (Wildman–Crippen LogP) is 4.24. The third-order valence-corrected chi connectivity index (χ3v) is 5.09. The maximum absolute atomic E-state index is 12.5. The molecule has 2 N–H and O–H groups in total. The lowest BCUT2D eigenvalue weighted by Gasteiger charge is -2.03. The van der Waals surface area contributed by atoms with E-state index in [-0.39, 0.29) is 5.91 Å². The number of anilines is 1. The monoisotopic (exact) mass is 344 g/mol. The van der Waals surface area contributed by atoms with E-state index in [2.05, 4.69) is 10.3 Å². The standard InChI is InChI=1S/C16H9ClN2O3S/c17-13-9-3-1-2-4-12(9)23-14(13)15(20)18-8-5-6-11-10(7-8)19-16(21)22-11/h1-7H,(H,18,20)(H,19,21). The Kier molecular flexibility index (Phi) is 3.21. The van der Waals surface area contributed by atoms with Crippen molar-refractivity contribution in [3.8, 4) is 0 Å². The smallest absolute Gasteiger partial charge is 0.408 e. The maximum Gasteiger partial charge on any atom is 0.417 e. The number of carbonyl (C=O) groups is 1. The van der Waals surface area contributed by atoms with Crippen LogP contribution >= 0.6 is 22.9 Å². The highest BCUT2D eigenvalue weighted by Crippen LogP contribution is 2.35. The van der Waals surface area contributed by atoms with Crippen LogP contribution < -0.4 is 11.1 Å². The zero-order chi connectivity index (χ0) is 16.0. The number of aromatic nitrogens is 1. The minimum Gasteiger partial charge on any atom is -0.408 e. The van der Waals surface area contributed by atoms with Crippen molar-refractivity contribution in [3.63, 3.8) is 0 Å². The van der Waals surface area contributed by atoms with Gasteiger partial charge in [-0.1, -0.05) is 29.8 Å². The van der Waals surface area contributed by atoms with Gasteiger partial charge in [0.2, 0.25) is 0 Å². The maximum atomic E-state index is 12.5. The molecule has 0 aliphatic heterocycles. The number of amides is 1. The van der Waals surface area contributed by atoms with Crippen LogP contribution in [0.5, 0.6) is 0 Å². The highest BCUT2D eigenvalue weighted by atomic mass is 35.5. The van der Waals surface area contributed by atoms with Crippen LogP contribution in [-0.2, 0) is 0 Å². The van der Waals surface area contributed by atoms with Gasteiger partial charge in [0, 0.05) is 15.8 Å². The van der Waals surface area contributed by atoms with Crippen molar-refractivity contribution < 1.29 is 9.21 Å². The molecular formula is C16H9ClN2O3S. The fourth-order valence-electron chi connectivity index (χ4n) is 2.38. The molecule has 0 saturated carbocycles. The molecule has 0 saturated heterocycles. The number of hydrogen-bond acceptors (Lipinski definition) is 4. The van der Waals surface area contributed by atoms with Gasteiger partial charge in [-0.2, -0.15) is 0 Å². The Morgan fingerprint density at radius 2 is 2.04 bits per heavy atom. The minimum absolute atomic E-state index is 0.290. The number of aromatic amines is 1. The van der Waals surface area contributed by atoms with Crippen molar-refractivity contribution in [2.45, 2.75) is 0 Å². The number of thiophene rings is 1. The average molecular weight is 345 g/mol. The zero-order valence-electron chi connectivity index (χ0n) is 11.6. The lowest BCUT2D eigenvalue weighted by molar-refractivity contribution is 0.103. The van der Waals surface area contributed by atoms with Crippen LogP contribution in [0.3, 0.4) is 0 Å². The molecule has 7 heteroatoms. The highest BCUT2D eigenvalue weighted by Gasteiger charge is 2.17. The van der Waals surface area contributed by atoms with Gasteiger partial charge >= 0.3 is 5.76 Å². The molecular weight excluding hydrogens is 336 g/mol. The quantitative estimate of drug-likeness (QED) is 0.571. The van der Waals surface area contributed by atoms with E-state index in [1.165, 1.54) is 11.3 Å². The molecule has 0 radical (unpaired) electrons. The second-order valence-electron chi connectivity index (χ2n) is 4.92. The molecule has 0 aliphatic rings. The Bertz CT molecular complexity index is 1110. The van der Waals surface area contributed by atoms with Crippen LogP contribution in [0, 0.1) is 0 Å². The van der Waals surface area contributed by atoms with Gasteiger partial charge in [0.15, 0.2) is 5.58 Å². The third kappa shape index (κ3) is 2.42. The Morgan fingerprint density at radius 1 is 1.22 bits per heavy atom. The normalized spacial score (nSPS) is 11.2. The lowest BCUT2D eigenvalue weighted by atomic mass is 10.2. The molecule has 2 heterocycles. The van der Waals surface area contributed by atoms with E-state index in [4.69, 9.17) is 16.0 Å². The average Bonchev–Trinajstić information content (AvgIpc) is 3.07. The van der Waals surface area contributed by atoms with Crippen molar-refractivity contribution in [3.05, 3.63) is 62.9 Å². The summed E-state index contributed by atoms with van der Waals surface area (Å²) < 4.78 is 5.88. The van der Waals surface area contributed by atoms with Crippen LogP contribution in [-0.4, -0.2) is 10.9 Å². The molecule has 4 rings (SSSR count). The summed E-state index contributed by atoms with van der Waals surface area (Å²) in [6.07, 6.45) is 0. The summed E-state index contributed by atoms with van der Waals surface area (Å²) in [6.45, 7) is 0. The van der Waals surface area contributed by atoms with Crippen LogP contribution in [0.2, 0.25) is 5.02 Å². The topological polar surface area (TPSA) is 75.1 Å². The van der Waals surface area contributed by atoms with Gasteiger partial charge in [0.25, 0.3) is 5.91 Å². The number of halogens is 1. The lowest BCUT2D eigenvalue weighted by Crippen LogP contribution is -2.10. The summed E-state index contributed by atoms with van der Waals surface area (Å²) in [5.41, 5.74) is 1.51. The number of fused-ring (bicyclic) bond motifs is 2. The van der Waals surface area contributed by atoms with E-state index in [1.807, 2.05) is 24.3 Å². The first kappa shape index (κ1) is 14.0. The molecule has 1 amide bonds. The molecule has 0 aliphatic carbocycles. The highest BCUT2D eigenvalue weighted by molar-refractivity contribution is 7.21. The van der Waals surface area contributed by atoms with Crippen molar-refractivity contribution in [1.29, 1.82) is 0 Å². The zero-order valence-corrected chi connectivity index (χ0v) is 13.1. The van der Waals surface area contributed by atoms with Crippen molar-refractivity contribution >= 4 is 55.7 Å². The third-order valence-electron chi connectivity index (χ3n) is 3.42. The molecule has 2 aromatic heterocycles. The molecule has 0 fully saturated rings. The predicted molar refractivity (Wildman–Crippen MR) is 91.6 cm³/mol. The van der Waals surface area contributed by atoms with E-state index in [0.29, 0.717) is 26.7 Å². The van der Waals surface area contributed by atoms with Gasteiger partial charge < -0.3 is 9.73 Å². The first-order chi connectivity index (χ1) is 11.1. The van der Waals surface area contributed by atoms with Crippen molar-refractivity contribution in [1.82, 2.24) is 4.98 Å². The molecule has 4 aromatic rings. The Balaban J connectivity index is 1.69. The van der Waals surface area contributed by atoms with E-state index < -0.39 is 5.76 Å². The van der Waals surface area contributed by atoms with Crippen LogP contribution in [0.15, 0.2) is 51.7 Å². The van der Waals surface area contributed by atoms with Gasteiger partial charge in [-0.25, -0.2) is 4.79 Å². The van der Waals surface area contributed by atoms with Gasteiger partial charge in [0.05, 0.1) is 10.5 Å². The molecule has 0 spiro atoms. The first-order valence-corrected chi connectivity index (χ1v) is 7.92. The fourth-order valence-corrected chi connectivity index (χ4v) is 3.79. The molecule has 5 nitrogen and oxygen atoms in total. The molecule has 23 heavy (non-hydrogen) atoms.